The molecule has 0 unspecified atom stereocenters. The van der Waals surface area contributed by atoms with Gasteiger partial charge < -0.3 is 19.0 Å². The molecule has 2 fully saturated rings. The van der Waals surface area contributed by atoms with Gasteiger partial charge in [-0.1, -0.05) is 0 Å². The Labute approximate surface area is 163 Å². The summed E-state index contributed by atoms with van der Waals surface area (Å²) in [5.74, 6) is 0.622. The average Bonchev–Trinajstić information content (AvgIpc) is 2.74. The zero-order chi connectivity index (χ0) is 19.5. The summed E-state index contributed by atoms with van der Waals surface area (Å²) >= 11 is 0. The van der Waals surface area contributed by atoms with Crippen LogP contribution in [0, 0.1) is 6.92 Å². The van der Waals surface area contributed by atoms with Crippen molar-refractivity contribution in [2.24, 2.45) is 0 Å². The van der Waals surface area contributed by atoms with Gasteiger partial charge in [0, 0.05) is 63.4 Å². The Morgan fingerprint density at radius 1 is 1.11 bits per heavy atom. The molecule has 0 bridgehead atoms. The van der Waals surface area contributed by atoms with Crippen molar-refractivity contribution in [2.45, 2.75) is 25.7 Å². The molecule has 2 aromatic heterocycles. The molecule has 4 rings (SSSR count). The van der Waals surface area contributed by atoms with Gasteiger partial charge in [-0.05, 0) is 43.5 Å². The Kier molecular flexibility index (Phi) is 5.43. The average molecular weight is 383 g/mol. The number of hydrogen-bond acceptors (Lipinski definition) is 6. The molecule has 0 N–H and O–H groups in total. The van der Waals surface area contributed by atoms with Crippen molar-refractivity contribution in [3.05, 3.63) is 57.9 Å². The summed E-state index contributed by atoms with van der Waals surface area (Å²) in [6.07, 6.45) is 5.21. The second kappa shape index (κ2) is 8.14. The van der Waals surface area contributed by atoms with Crippen LogP contribution in [0.3, 0.4) is 0 Å². The summed E-state index contributed by atoms with van der Waals surface area (Å²) in [6, 6.07) is 5.79. The maximum atomic E-state index is 13.0. The largest absolute Gasteiger partial charge is 0.427 e. The first-order valence-electron chi connectivity index (χ1n) is 9.80. The van der Waals surface area contributed by atoms with Gasteiger partial charge in [-0.15, -0.1) is 0 Å². The van der Waals surface area contributed by atoms with Crippen LogP contribution in [-0.4, -0.2) is 55.2 Å². The Morgan fingerprint density at radius 3 is 2.43 bits per heavy atom. The van der Waals surface area contributed by atoms with Crippen LogP contribution in [0.15, 0.2) is 39.8 Å². The monoisotopic (exact) mass is 383 g/mol. The highest BCUT2D eigenvalue weighted by Gasteiger charge is 2.28. The molecule has 2 aliphatic heterocycles. The number of nitrogens with zero attached hydrogens (tertiary/aromatic N) is 3. The van der Waals surface area contributed by atoms with Crippen LogP contribution in [0.2, 0.25) is 0 Å². The number of pyridine rings is 1. The van der Waals surface area contributed by atoms with E-state index in [4.69, 9.17) is 9.15 Å². The van der Waals surface area contributed by atoms with E-state index in [0.717, 1.165) is 31.6 Å². The lowest BCUT2D eigenvalue weighted by Crippen LogP contribution is -2.49. The standard InChI is InChI=1S/C21H25N3O4/c1-15-14-18(16-4-12-27-13-5-16)28-21(26)19(15)20(25)24-10-8-23(9-11-24)17-2-6-22-7-3-17/h2-3,6-7,14,16H,4-5,8-13H2,1H3. The van der Waals surface area contributed by atoms with E-state index in [1.54, 1.807) is 17.3 Å². The van der Waals surface area contributed by atoms with Gasteiger partial charge in [0.15, 0.2) is 0 Å². The van der Waals surface area contributed by atoms with E-state index in [0.29, 0.717) is 37.6 Å². The highest BCUT2D eigenvalue weighted by molar-refractivity contribution is 5.95. The summed E-state index contributed by atoms with van der Waals surface area (Å²) in [7, 11) is 0. The second-order valence-corrected chi connectivity index (χ2v) is 7.37. The number of aryl methyl sites for hydroxylation is 1. The Hall–Kier alpha value is -2.67. The van der Waals surface area contributed by atoms with E-state index in [1.807, 2.05) is 25.1 Å². The zero-order valence-corrected chi connectivity index (χ0v) is 16.1. The number of ether oxygens (including phenoxy) is 1. The van der Waals surface area contributed by atoms with Crippen LogP contribution in [0.5, 0.6) is 0 Å². The van der Waals surface area contributed by atoms with E-state index >= 15 is 0 Å². The van der Waals surface area contributed by atoms with Crippen LogP contribution in [0.1, 0.15) is 40.4 Å². The SMILES string of the molecule is Cc1cc(C2CCOCC2)oc(=O)c1C(=O)N1CCN(c2ccncc2)CC1. The van der Waals surface area contributed by atoms with Crippen molar-refractivity contribution in [1.29, 1.82) is 0 Å². The molecule has 7 nitrogen and oxygen atoms in total. The topological polar surface area (TPSA) is 75.9 Å². The molecule has 0 atom stereocenters. The van der Waals surface area contributed by atoms with Crippen LogP contribution in [-0.2, 0) is 4.74 Å². The number of amides is 1. The lowest BCUT2D eigenvalue weighted by molar-refractivity contribution is 0.0733. The summed E-state index contributed by atoms with van der Waals surface area (Å²) < 4.78 is 10.9. The zero-order valence-electron chi connectivity index (χ0n) is 16.1. The molecule has 0 aliphatic carbocycles. The van der Waals surface area contributed by atoms with E-state index in [-0.39, 0.29) is 17.4 Å². The number of anilines is 1. The quantitative estimate of drug-likeness (QED) is 0.809. The van der Waals surface area contributed by atoms with Gasteiger partial charge in [-0.2, -0.15) is 0 Å². The van der Waals surface area contributed by atoms with Crippen molar-refractivity contribution in [1.82, 2.24) is 9.88 Å². The number of carbonyl (C=O) groups excluding carboxylic acids is 1. The number of aromatic nitrogens is 1. The van der Waals surface area contributed by atoms with E-state index in [2.05, 4.69) is 9.88 Å². The fourth-order valence-corrected chi connectivity index (χ4v) is 3.95. The van der Waals surface area contributed by atoms with Crippen molar-refractivity contribution < 1.29 is 13.9 Å². The van der Waals surface area contributed by atoms with Crippen molar-refractivity contribution >= 4 is 11.6 Å². The van der Waals surface area contributed by atoms with Gasteiger partial charge >= 0.3 is 5.63 Å². The smallest absolute Gasteiger partial charge is 0.349 e. The van der Waals surface area contributed by atoms with Gasteiger partial charge in [0.2, 0.25) is 0 Å². The third-order valence-corrected chi connectivity index (χ3v) is 5.60. The number of hydrogen-bond donors (Lipinski definition) is 0. The normalized spacial score (nSPS) is 18.3. The van der Waals surface area contributed by atoms with Crippen LogP contribution in [0.4, 0.5) is 5.69 Å². The Balaban J connectivity index is 1.47. The number of carbonyl (C=O) groups is 1. The van der Waals surface area contributed by atoms with E-state index in [1.165, 1.54) is 0 Å². The molecule has 1 amide bonds. The molecule has 7 heteroatoms. The molecule has 0 saturated carbocycles. The van der Waals surface area contributed by atoms with Gasteiger partial charge in [0.25, 0.3) is 5.91 Å². The summed E-state index contributed by atoms with van der Waals surface area (Å²) in [4.78, 5) is 33.6. The molecule has 0 spiro atoms. The van der Waals surface area contributed by atoms with Gasteiger partial charge in [0.05, 0.1) is 0 Å². The fourth-order valence-electron chi connectivity index (χ4n) is 3.95. The van der Waals surface area contributed by atoms with Gasteiger partial charge in [-0.3, -0.25) is 9.78 Å². The summed E-state index contributed by atoms with van der Waals surface area (Å²) in [6.45, 7) is 5.76. The van der Waals surface area contributed by atoms with Crippen LogP contribution in [0.25, 0.3) is 0 Å². The lowest BCUT2D eigenvalue weighted by atomic mass is 9.95. The van der Waals surface area contributed by atoms with Crippen molar-refractivity contribution in [3.8, 4) is 0 Å². The predicted octanol–water partition coefficient (Wildman–Crippen LogP) is 2.20. The van der Waals surface area contributed by atoms with Gasteiger partial charge in [0.1, 0.15) is 11.3 Å². The maximum Gasteiger partial charge on any atom is 0.349 e. The van der Waals surface area contributed by atoms with Crippen LogP contribution >= 0.6 is 0 Å². The first-order valence-corrected chi connectivity index (χ1v) is 9.80. The fraction of sp³-hybridized carbons (Fsp3) is 0.476. The predicted molar refractivity (Wildman–Crippen MR) is 105 cm³/mol. The molecule has 0 aromatic carbocycles. The molecule has 0 radical (unpaired) electrons. The van der Waals surface area contributed by atoms with Crippen LogP contribution < -0.4 is 10.5 Å². The maximum absolute atomic E-state index is 13.0. The van der Waals surface area contributed by atoms with E-state index < -0.39 is 5.63 Å². The molecular weight excluding hydrogens is 358 g/mol. The molecule has 4 heterocycles. The third-order valence-electron chi connectivity index (χ3n) is 5.60. The molecular formula is C21H25N3O4. The molecule has 28 heavy (non-hydrogen) atoms. The lowest BCUT2D eigenvalue weighted by Gasteiger charge is -2.36. The van der Waals surface area contributed by atoms with E-state index in [9.17, 15) is 9.59 Å². The highest BCUT2D eigenvalue weighted by atomic mass is 16.5. The molecule has 148 valence electrons. The van der Waals surface area contributed by atoms with Crippen molar-refractivity contribution in [3.63, 3.8) is 0 Å². The minimum Gasteiger partial charge on any atom is -0.427 e. The third kappa shape index (κ3) is 3.80. The summed E-state index contributed by atoms with van der Waals surface area (Å²) in [5, 5.41) is 0. The Morgan fingerprint density at radius 2 is 1.79 bits per heavy atom. The first kappa shape index (κ1) is 18.7. The summed E-state index contributed by atoms with van der Waals surface area (Å²) in [5.41, 5.74) is 1.43. The minimum absolute atomic E-state index is 0.160. The van der Waals surface area contributed by atoms with Gasteiger partial charge in [-0.25, -0.2) is 4.79 Å². The number of piperazine rings is 1. The number of rotatable bonds is 3. The Bertz CT molecular complexity index is 882. The second-order valence-electron chi connectivity index (χ2n) is 7.37. The molecule has 2 aromatic rings. The minimum atomic E-state index is -0.525. The molecule has 2 aliphatic rings. The highest BCUT2D eigenvalue weighted by Crippen LogP contribution is 2.27. The first-order chi connectivity index (χ1) is 13.6. The van der Waals surface area contributed by atoms with Crippen molar-refractivity contribution in [2.75, 3.05) is 44.3 Å². The molecule has 2 saturated heterocycles.